The van der Waals surface area contributed by atoms with Crippen molar-refractivity contribution in [3.05, 3.63) is 71.8 Å². The number of rotatable bonds is 7. The van der Waals surface area contributed by atoms with Crippen LogP contribution in [0.15, 0.2) is 60.7 Å². The van der Waals surface area contributed by atoms with E-state index >= 15 is 0 Å². The molecule has 1 saturated heterocycles. The van der Waals surface area contributed by atoms with E-state index in [4.69, 9.17) is 4.74 Å². The largest absolute Gasteiger partial charge is 0.462 e. The first kappa shape index (κ1) is 22.7. The van der Waals surface area contributed by atoms with Gasteiger partial charge in [-0.25, -0.2) is 9.69 Å². The number of anilines is 2. The summed E-state index contributed by atoms with van der Waals surface area (Å²) >= 11 is 0. The molecule has 1 aliphatic heterocycles. The first-order chi connectivity index (χ1) is 17.5. The lowest BCUT2D eigenvalue weighted by molar-refractivity contribution is -0.124. The highest BCUT2D eigenvalue weighted by Gasteiger charge is 2.67. The molecule has 5 aliphatic rings. The third-order valence-corrected chi connectivity index (χ3v) is 8.14. The maximum Gasteiger partial charge on any atom is 0.338 e. The van der Waals surface area contributed by atoms with Crippen LogP contribution in [0.25, 0.3) is 0 Å². The predicted molar refractivity (Wildman–Crippen MR) is 133 cm³/mol. The van der Waals surface area contributed by atoms with Gasteiger partial charge in [0.25, 0.3) is 5.91 Å². The topological polar surface area (TPSA) is 92.8 Å². The summed E-state index contributed by atoms with van der Waals surface area (Å²) in [5.74, 6) is -0.205. The van der Waals surface area contributed by atoms with Crippen molar-refractivity contribution < 1.29 is 23.9 Å². The number of unbranched alkanes of at least 4 members (excludes halogenated alkanes) is 1. The summed E-state index contributed by atoms with van der Waals surface area (Å²) in [5.41, 5.74) is 1.72. The molecule has 0 aromatic heterocycles. The third-order valence-electron chi connectivity index (χ3n) is 8.14. The van der Waals surface area contributed by atoms with Crippen molar-refractivity contribution in [3.8, 4) is 0 Å². The molecule has 7 nitrogen and oxygen atoms in total. The maximum absolute atomic E-state index is 13.4. The van der Waals surface area contributed by atoms with Crippen LogP contribution in [-0.4, -0.2) is 30.3 Å². The standard InChI is InChI=1S/C29H28N2O5/c1-2-3-13-36-29(35)16-7-9-18(10-8-16)30-26(32)17-5-4-6-19(14-17)31-27(33)24-20-11-12-21(23-15-22(20)23)25(24)28(31)34/h4-12,14,20-25H,2-3,13,15H2,1H3,(H,30,32)/t20-,21-,22-,23-,24+,25+/m0/s1. The minimum absolute atomic E-state index is 0.145. The highest BCUT2D eigenvalue weighted by molar-refractivity contribution is 6.23. The maximum atomic E-state index is 13.4. The number of esters is 1. The van der Waals surface area contributed by atoms with E-state index < -0.39 is 5.97 Å². The summed E-state index contributed by atoms with van der Waals surface area (Å²) < 4.78 is 5.21. The van der Waals surface area contributed by atoms with Gasteiger partial charge in [-0.05, 0) is 79.0 Å². The molecule has 2 aromatic carbocycles. The van der Waals surface area contributed by atoms with Crippen LogP contribution in [0, 0.1) is 35.5 Å². The normalized spacial score (nSPS) is 29.1. The van der Waals surface area contributed by atoms with E-state index in [1.165, 1.54) is 4.90 Å². The number of imide groups is 1. The van der Waals surface area contributed by atoms with Crippen molar-refractivity contribution in [3.63, 3.8) is 0 Å². The Morgan fingerprint density at radius 2 is 1.61 bits per heavy atom. The van der Waals surface area contributed by atoms with Crippen molar-refractivity contribution in [1.82, 2.24) is 0 Å². The van der Waals surface area contributed by atoms with E-state index in [-0.39, 0.29) is 41.4 Å². The first-order valence-electron chi connectivity index (χ1n) is 12.7. The van der Waals surface area contributed by atoms with Crippen molar-refractivity contribution >= 4 is 35.1 Å². The van der Waals surface area contributed by atoms with Gasteiger partial charge in [0.1, 0.15) is 0 Å². The van der Waals surface area contributed by atoms with Crippen LogP contribution in [0.1, 0.15) is 46.9 Å². The minimum atomic E-state index is -0.393. The number of nitrogens with one attached hydrogen (secondary N) is 1. The zero-order valence-electron chi connectivity index (χ0n) is 20.1. The molecule has 1 N–H and O–H groups in total. The molecule has 2 aromatic rings. The molecule has 0 spiro atoms. The van der Waals surface area contributed by atoms with Crippen LogP contribution >= 0.6 is 0 Å². The van der Waals surface area contributed by atoms with Gasteiger partial charge in [-0.2, -0.15) is 0 Å². The van der Waals surface area contributed by atoms with E-state index in [0.717, 1.165) is 19.3 Å². The van der Waals surface area contributed by atoms with Crippen LogP contribution in [-0.2, 0) is 14.3 Å². The van der Waals surface area contributed by atoms with Crippen LogP contribution in [0.3, 0.4) is 0 Å². The summed E-state index contributed by atoms with van der Waals surface area (Å²) in [4.78, 5) is 53.1. The van der Waals surface area contributed by atoms with E-state index in [1.807, 2.05) is 6.92 Å². The monoisotopic (exact) mass is 484 g/mol. The molecule has 7 heteroatoms. The van der Waals surface area contributed by atoms with Crippen molar-refractivity contribution in [2.24, 2.45) is 35.5 Å². The highest BCUT2D eigenvalue weighted by Crippen LogP contribution is 2.65. The number of ether oxygens (including phenoxy) is 1. The van der Waals surface area contributed by atoms with Gasteiger partial charge in [0, 0.05) is 11.3 Å². The molecular weight excluding hydrogens is 456 g/mol. The molecule has 0 radical (unpaired) electrons. The fourth-order valence-electron chi connectivity index (χ4n) is 6.28. The van der Waals surface area contributed by atoms with Crippen LogP contribution in [0.2, 0.25) is 0 Å². The second-order valence-electron chi connectivity index (χ2n) is 10.2. The number of carbonyl (C=O) groups is 4. The van der Waals surface area contributed by atoms with Crippen LogP contribution in [0.5, 0.6) is 0 Å². The summed E-state index contributed by atoms with van der Waals surface area (Å²) in [6.45, 7) is 2.41. The summed E-state index contributed by atoms with van der Waals surface area (Å²) in [6, 6.07) is 13.1. The number of amides is 3. The molecular formula is C29H28N2O5. The van der Waals surface area contributed by atoms with Gasteiger partial charge in [-0.15, -0.1) is 0 Å². The Kier molecular flexibility index (Phi) is 5.51. The van der Waals surface area contributed by atoms with Gasteiger partial charge in [0.05, 0.1) is 29.7 Å². The number of benzene rings is 2. The quantitative estimate of drug-likeness (QED) is 0.271. The number of hydrogen-bond acceptors (Lipinski definition) is 5. The van der Waals surface area contributed by atoms with Gasteiger partial charge in [-0.1, -0.05) is 31.6 Å². The Balaban J connectivity index is 1.15. The summed E-state index contributed by atoms with van der Waals surface area (Å²) in [5, 5.41) is 2.81. The van der Waals surface area contributed by atoms with E-state index in [0.29, 0.717) is 40.9 Å². The lowest BCUT2D eigenvalue weighted by Crippen LogP contribution is -2.40. The molecule has 6 atom stereocenters. The molecule has 36 heavy (non-hydrogen) atoms. The minimum Gasteiger partial charge on any atom is -0.462 e. The Morgan fingerprint density at radius 3 is 2.25 bits per heavy atom. The van der Waals surface area contributed by atoms with Crippen LogP contribution < -0.4 is 10.2 Å². The molecule has 1 heterocycles. The molecule has 4 aliphatic carbocycles. The molecule has 2 saturated carbocycles. The second-order valence-corrected chi connectivity index (χ2v) is 10.2. The molecule has 2 bridgehead atoms. The lowest BCUT2D eigenvalue weighted by Gasteiger charge is -2.37. The lowest BCUT2D eigenvalue weighted by atomic mass is 9.63. The molecule has 7 rings (SSSR count). The molecule has 0 unspecified atom stereocenters. The Hall–Kier alpha value is -3.74. The van der Waals surface area contributed by atoms with Crippen molar-refractivity contribution in [2.75, 3.05) is 16.8 Å². The van der Waals surface area contributed by atoms with Gasteiger partial charge >= 0.3 is 5.97 Å². The van der Waals surface area contributed by atoms with Gasteiger partial charge in [0.2, 0.25) is 11.8 Å². The Morgan fingerprint density at radius 1 is 0.944 bits per heavy atom. The molecule has 3 amide bonds. The van der Waals surface area contributed by atoms with Crippen LogP contribution in [0.4, 0.5) is 11.4 Å². The van der Waals surface area contributed by atoms with E-state index in [1.54, 1.807) is 48.5 Å². The smallest absolute Gasteiger partial charge is 0.338 e. The number of hydrogen-bond donors (Lipinski definition) is 1. The average molecular weight is 485 g/mol. The molecule has 184 valence electrons. The van der Waals surface area contributed by atoms with Gasteiger partial charge < -0.3 is 10.1 Å². The first-order valence-corrected chi connectivity index (χ1v) is 12.7. The van der Waals surface area contributed by atoms with Gasteiger partial charge in [-0.3, -0.25) is 14.4 Å². The third kappa shape index (κ3) is 3.65. The Bertz CT molecular complexity index is 1250. The van der Waals surface area contributed by atoms with E-state index in [2.05, 4.69) is 17.5 Å². The van der Waals surface area contributed by atoms with E-state index in [9.17, 15) is 19.2 Å². The summed E-state index contributed by atoms with van der Waals surface area (Å²) in [6.07, 6.45) is 7.17. The predicted octanol–water partition coefficient (Wildman–Crippen LogP) is 4.45. The fourth-order valence-corrected chi connectivity index (χ4v) is 6.28. The zero-order chi connectivity index (χ0) is 25.0. The van der Waals surface area contributed by atoms with Crippen molar-refractivity contribution in [1.29, 1.82) is 0 Å². The van der Waals surface area contributed by atoms with Crippen molar-refractivity contribution in [2.45, 2.75) is 26.2 Å². The number of nitrogens with zero attached hydrogens (tertiary/aromatic N) is 1. The average Bonchev–Trinajstić information content (AvgIpc) is 3.67. The zero-order valence-corrected chi connectivity index (χ0v) is 20.1. The fraction of sp³-hybridized carbons (Fsp3) is 0.379. The number of allylic oxidation sites excluding steroid dienone is 2. The second kappa shape index (κ2) is 8.73. The highest BCUT2D eigenvalue weighted by atomic mass is 16.5. The van der Waals surface area contributed by atoms with Gasteiger partial charge in [0.15, 0.2) is 0 Å². The molecule has 3 fully saturated rings. The SMILES string of the molecule is CCCCOC(=O)c1ccc(NC(=O)c2cccc(N3C(=O)[C@@H]4[C@H]5C=C[C@@H]([C@@H]6C[C@@H]56)[C@H]4C3=O)c2)cc1. The number of carbonyl (C=O) groups excluding carboxylic acids is 4. The Labute approximate surface area is 209 Å². The summed E-state index contributed by atoms with van der Waals surface area (Å²) in [7, 11) is 0.